The summed E-state index contributed by atoms with van der Waals surface area (Å²) < 4.78 is 0.995. The zero-order valence-electron chi connectivity index (χ0n) is 10.2. The average molecular weight is 314 g/mol. The number of hydrogen-bond acceptors (Lipinski definition) is 3. The van der Waals surface area contributed by atoms with Crippen molar-refractivity contribution in [1.29, 1.82) is 0 Å². The molecule has 0 unspecified atom stereocenters. The van der Waals surface area contributed by atoms with Crippen molar-refractivity contribution in [3.05, 3.63) is 65.0 Å². The lowest BCUT2D eigenvalue weighted by molar-refractivity contribution is 1.11. The molecule has 2 heterocycles. The SMILES string of the molecule is Brc1cncc(CNc2ccc3ncccc3c2)c1. The van der Waals surface area contributed by atoms with E-state index >= 15 is 0 Å². The first-order valence-corrected chi connectivity index (χ1v) is 6.79. The molecule has 3 rings (SSSR count). The summed E-state index contributed by atoms with van der Waals surface area (Å²) in [6.45, 7) is 0.748. The topological polar surface area (TPSA) is 37.8 Å². The van der Waals surface area contributed by atoms with E-state index in [2.05, 4.69) is 49.4 Å². The Morgan fingerprint density at radius 3 is 2.95 bits per heavy atom. The Morgan fingerprint density at radius 1 is 1.11 bits per heavy atom. The van der Waals surface area contributed by atoms with Crippen LogP contribution >= 0.6 is 15.9 Å². The second-order valence-electron chi connectivity index (χ2n) is 4.28. The molecule has 0 bridgehead atoms. The summed E-state index contributed by atoms with van der Waals surface area (Å²) in [4.78, 5) is 8.46. The zero-order valence-corrected chi connectivity index (χ0v) is 11.8. The van der Waals surface area contributed by atoms with Crippen molar-refractivity contribution in [2.75, 3.05) is 5.32 Å². The standard InChI is InChI=1S/C15H12BrN3/c16-13-6-11(8-17-10-13)9-19-14-3-4-15-12(7-14)2-1-5-18-15/h1-8,10,19H,9H2. The van der Waals surface area contributed by atoms with E-state index in [1.165, 1.54) is 0 Å². The van der Waals surface area contributed by atoms with E-state index in [1.54, 1.807) is 6.20 Å². The van der Waals surface area contributed by atoms with E-state index in [1.807, 2.05) is 30.6 Å². The smallest absolute Gasteiger partial charge is 0.0703 e. The molecule has 94 valence electrons. The highest BCUT2D eigenvalue weighted by Gasteiger charge is 1.98. The van der Waals surface area contributed by atoms with Gasteiger partial charge in [0.05, 0.1) is 5.52 Å². The number of hydrogen-bond donors (Lipinski definition) is 1. The molecule has 4 heteroatoms. The lowest BCUT2D eigenvalue weighted by Crippen LogP contribution is -1.99. The summed E-state index contributed by atoms with van der Waals surface area (Å²) in [5, 5.41) is 4.53. The average Bonchev–Trinajstić information content (AvgIpc) is 2.45. The molecule has 0 saturated heterocycles. The maximum absolute atomic E-state index is 4.31. The van der Waals surface area contributed by atoms with Crippen LogP contribution in [0.5, 0.6) is 0 Å². The van der Waals surface area contributed by atoms with Gasteiger partial charge in [-0.1, -0.05) is 6.07 Å². The number of halogens is 1. The lowest BCUT2D eigenvalue weighted by atomic mass is 10.2. The van der Waals surface area contributed by atoms with E-state index < -0.39 is 0 Å². The van der Waals surface area contributed by atoms with Crippen molar-refractivity contribution < 1.29 is 0 Å². The number of aromatic nitrogens is 2. The Kier molecular flexibility index (Phi) is 3.42. The van der Waals surface area contributed by atoms with Crippen LogP contribution in [0.3, 0.4) is 0 Å². The first kappa shape index (κ1) is 12.1. The number of rotatable bonds is 3. The normalized spacial score (nSPS) is 10.6. The minimum atomic E-state index is 0.748. The Morgan fingerprint density at radius 2 is 2.05 bits per heavy atom. The van der Waals surface area contributed by atoms with E-state index in [0.29, 0.717) is 0 Å². The van der Waals surface area contributed by atoms with Crippen molar-refractivity contribution in [1.82, 2.24) is 9.97 Å². The number of anilines is 1. The van der Waals surface area contributed by atoms with Crippen molar-refractivity contribution in [3.8, 4) is 0 Å². The predicted molar refractivity (Wildman–Crippen MR) is 81.0 cm³/mol. The third-order valence-corrected chi connectivity index (χ3v) is 3.29. The highest BCUT2D eigenvalue weighted by Crippen LogP contribution is 2.18. The van der Waals surface area contributed by atoms with Crippen molar-refractivity contribution >= 4 is 32.5 Å². The van der Waals surface area contributed by atoms with E-state index in [9.17, 15) is 0 Å². The van der Waals surface area contributed by atoms with Gasteiger partial charge in [0.25, 0.3) is 0 Å². The number of nitrogens with one attached hydrogen (secondary N) is 1. The Bertz CT molecular complexity index is 712. The molecule has 0 fully saturated rings. The van der Waals surface area contributed by atoms with Crippen molar-refractivity contribution in [2.45, 2.75) is 6.54 Å². The second kappa shape index (κ2) is 5.36. The van der Waals surface area contributed by atoms with Crippen LogP contribution in [0.1, 0.15) is 5.56 Å². The van der Waals surface area contributed by atoms with Crippen LogP contribution in [-0.4, -0.2) is 9.97 Å². The molecule has 2 aromatic heterocycles. The first-order chi connectivity index (χ1) is 9.31. The Balaban J connectivity index is 1.78. The van der Waals surface area contributed by atoms with Crippen molar-refractivity contribution in [3.63, 3.8) is 0 Å². The monoisotopic (exact) mass is 313 g/mol. The highest BCUT2D eigenvalue weighted by atomic mass is 79.9. The number of benzene rings is 1. The summed E-state index contributed by atoms with van der Waals surface area (Å²) in [5.41, 5.74) is 3.23. The minimum absolute atomic E-state index is 0.748. The van der Waals surface area contributed by atoms with Gasteiger partial charge in [-0.3, -0.25) is 9.97 Å². The molecule has 3 aromatic rings. The van der Waals surface area contributed by atoms with Gasteiger partial charge in [0.1, 0.15) is 0 Å². The van der Waals surface area contributed by atoms with Crippen LogP contribution in [0, 0.1) is 0 Å². The fourth-order valence-electron chi connectivity index (χ4n) is 1.94. The Labute approximate surface area is 119 Å². The maximum atomic E-state index is 4.31. The molecule has 1 N–H and O–H groups in total. The molecule has 0 spiro atoms. The minimum Gasteiger partial charge on any atom is -0.381 e. The van der Waals surface area contributed by atoms with Gasteiger partial charge >= 0.3 is 0 Å². The van der Waals surface area contributed by atoms with Crippen molar-refractivity contribution in [2.24, 2.45) is 0 Å². The Hall–Kier alpha value is -1.94. The molecule has 1 aromatic carbocycles. The van der Waals surface area contributed by atoms with Gasteiger partial charge in [-0.15, -0.1) is 0 Å². The quantitative estimate of drug-likeness (QED) is 0.794. The summed E-state index contributed by atoms with van der Waals surface area (Å²) in [6.07, 6.45) is 5.45. The van der Waals surface area contributed by atoms with E-state index in [0.717, 1.165) is 33.2 Å². The summed E-state index contributed by atoms with van der Waals surface area (Å²) in [6, 6.07) is 12.2. The van der Waals surface area contributed by atoms with Crippen LogP contribution in [0.4, 0.5) is 5.69 Å². The van der Waals surface area contributed by atoms with Gasteiger partial charge in [0.15, 0.2) is 0 Å². The summed E-state index contributed by atoms with van der Waals surface area (Å²) in [5.74, 6) is 0. The lowest BCUT2D eigenvalue weighted by Gasteiger charge is -2.07. The molecule has 0 radical (unpaired) electrons. The zero-order chi connectivity index (χ0) is 13.1. The molecular formula is C15H12BrN3. The third kappa shape index (κ3) is 2.90. The van der Waals surface area contributed by atoms with Crippen LogP contribution in [-0.2, 0) is 6.54 Å². The number of nitrogens with zero attached hydrogens (tertiary/aromatic N) is 2. The van der Waals surface area contributed by atoms with Gasteiger partial charge in [0, 0.05) is 40.7 Å². The van der Waals surface area contributed by atoms with Gasteiger partial charge in [-0.05, 0) is 51.8 Å². The molecule has 0 saturated carbocycles. The molecule has 19 heavy (non-hydrogen) atoms. The molecule has 0 amide bonds. The fourth-order valence-corrected chi connectivity index (χ4v) is 2.35. The molecule has 3 nitrogen and oxygen atoms in total. The molecule has 0 aliphatic carbocycles. The van der Waals surface area contributed by atoms with Crippen LogP contribution < -0.4 is 5.32 Å². The van der Waals surface area contributed by atoms with E-state index in [-0.39, 0.29) is 0 Å². The number of pyridine rings is 2. The predicted octanol–water partition coefficient (Wildman–Crippen LogP) is 4.00. The van der Waals surface area contributed by atoms with E-state index in [4.69, 9.17) is 0 Å². The molecule has 0 aliphatic heterocycles. The largest absolute Gasteiger partial charge is 0.381 e. The molecule has 0 aliphatic rings. The summed E-state index contributed by atoms with van der Waals surface area (Å²) >= 11 is 3.42. The van der Waals surface area contributed by atoms with Crippen LogP contribution in [0.15, 0.2) is 59.5 Å². The van der Waals surface area contributed by atoms with Crippen LogP contribution in [0.25, 0.3) is 10.9 Å². The second-order valence-corrected chi connectivity index (χ2v) is 5.19. The maximum Gasteiger partial charge on any atom is 0.0703 e. The molecular weight excluding hydrogens is 302 g/mol. The number of fused-ring (bicyclic) bond motifs is 1. The van der Waals surface area contributed by atoms with Gasteiger partial charge in [-0.2, -0.15) is 0 Å². The fraction of sp³-hybridized carbons (Fsp3) is 0.0667. The highest BCUT2D eigenvalue weighted by molar-refractivity contribution is 9.10. The van der Waals surface area contributed by atoms with Gasteiger partial charge < -0.3 is 5.32 Å². The third-order valence-electron chi connectivity index (χ3n) is 2.86. The molecule has 0 atom stereocenters. The summed E-state index contributed by atoms with van der Waals surface area (Å²) in [7, 11) is 0. The van der Waals surface area contributed by atoms with Crippen LogP contribution in [0.2, 0.25) is 0 Å². The van der Waals surface area contributed by atoms with Gasteiger partial charge in [-0.25, -0.2) is 0 Å². The van der Waals surface area contributed by atoms with Gasteiger partial charge in [0.2, 0.25) is 0 Å². The first-order valence-electron chi connectivity index (χ1n) is 5.99.